The predicted octanol–water partition coefficient (Wildman–Crippen LogP) is 1.94. The molecule has 11 heavy (non-hydrogen) atoms. The molecule has 0 saturated carbocycles. The van der Waals surface area contributed by atoms with Crippen LogP contribution in [-0.2, 0) is 6.54 Å². The first-order valence-electron chi connectivity index (χ1n) is 2.85. The van der Waals surface area contributed by atoms with E-state index < -0.39 is 5.82 Å². The first-order valence-corrected chi connectivity index (χ1v) is 4.31. The Labute approximate surface area is 82.1 Å². The van der Waals surface area contributed by atoms with Crippen molar-refractivity contribution in [1.29, 1.82) is 0 Å². The SMILES string of the molecule is NCc1cc(I)c(F)c(Cl)n1. The van der Waals surface area contributed by atoms with Crippen LogP contribution >= 0.6 is 34.2 Å². The number of nitrogens with two attached hydrogens (primary N) is 1. The summed E-state index contributed by atoms with van der Waals surface area (Å²) in [6.45, 7) is 0.274. The molecule has 0 amide bonds. The zero-order valence-electron chi connectivity index (χ0n) is 5.44. The Morgan fingerprint density at radius 2 is 2.36 bits per heavy atom. The van der Waals surface area contributed by atoms with Gasteiger partial charge in [0.15, 0.2) is 11.0 Å². The maximum Gasteiger partial charge on any atom is 0.173 e. The molecule has 5 heteroatoms. The zero-order valence-corrected chi connectivity index (χ0v) is 8.36. The van der Waals surface area contributed by atoms with Crippen molar-refractivity contribution in [3.63, 3.8) is 0 Å². The van der Waals surface area contributed by atoms with Crippen molar-refractivity contribution < 1.29 is 4.39 Å². The number of hydrogen-bond donors (Lipinski definition) is 1. The third-order valence-corrected chi connectivity index (χ3v) is 2.17. The topological polar surface area (TPSA) is 38.9 Å². The zero-order chi connectivity index (χ0) is 8.43. The summed E-state index contributed by atoms with van der Waals surface area (Å²) in [5.41, 5.74) is 5.89. The predicted molar refractivity (Wildman–Crippen MR) is 49.8 cm³/mol. The van der Waals surface area contributed by atoms with E-state index in [1.165, 1.54) is 0 Å². The van der Waals surface area contributed by atoms with Gasteiger partial charge in [0.1, 0.15) is 0 Å². The molecule has 1 aromatic rings. The van der Waals surface area contributed by atoms with E-state index in [0.29, 0.717) is 9.26 Å². The van der Waals surface area contributed by atoms with Crippen LogP contribution in [0.3, 0.4) is 0 Å². The molecule has 0 saturated heterocycles. The van der Waals surface area contributed by atoms with E-state index >= 15 is 0 Å². The second-order valence-electron chi connectivity index (χ2n) is 1.90. The summed E-state index contributed by atoms with van der Waals surface area (Å²) in [5.74, 6) is -0.482. The second kappa shape index (κ2) is 3.64. The standard InChI is InChI=1S/C6H5ClFIN2/c7-6-5(8)4(9)1-3(2-10)11-6/h1H,2,10H2. The van der Waals surface area contributed by atoms with E-state index in [-0.39, 0.29) is 11.7 Å². The van der Waals surface area contributed by atoms with E-state index in [4.69, 9.17) is 17.3 Å². The number of pyridine rings is 1. The fraction of sp³-hybridized carbons (Fsp3) is 0.167. The van der Waals surface area contributed by atoms with E-state index in [0.717, 1.165) is 0 Å². The van der Waals surface area contributed by atoms with Gasteiger partial charge in [0.25, 0.3) is 0 Å². The monoisotopic (exact) mass is 286 g/mol. The molecule has 0 bridgehead atoms. The molecule has 0 fully saturated rings. The lowest BCUT2D eigenvalue weighted by Gasteiger charge is -1.99. The van der Waals surface area contributed by atoms with Gasteiger partial charge in [-0.2, -0.15) is 0 Å². The van der Waals surface area contributed by atoms with Crippen LogP contribution in [0.15, 0.2) is 6.07 Å². The number of nitrogens with zero attached hydrogens (tertiary/aromatic N) is 1. The van der Waals surface area contributed by atoms with E-state index in [1.807, 2.05) is 22.6 Å². The quantitative estimate of drug-likeness (QED) is 0.633. The highest BCUT2D eigenvalue weighted by atomic mass is 127. The fourth-order valence-corrected chi connectivity index (χ4v) is 1.60. The van der Waals surface area contributed by atoms with E-state index in [2.05, 4.69) is 4.98 Å². The van der Waals surface area contributed by atoms with Crippen molar-refractivity contribution in [3.05, 3.63) is 26.3 Å². The summed E-state index contributed by atoms with van der Waals surface area (Å²) in [6, 6.07) is 1.57. The summed E-state index contributed by atoms with van der Waals surface area (Å²) in [6.07, 6.45) is 0. The van der Waals surface area contributed by atoms with Crippen LogP contribution < -0.4 is 5.73 Å². The molecule has 0 atom stereocenters. The van der Waals surface area contributed by atoms with Crippen molar-refractivity contribution in [2.75, 3.05) is 0 Å². The molecule has 60 valence electrons. The van der Waals surface area contributed by atoms with Crippen molar-refractivity contribution in [2.45, 2.75) is 6.54 Å². The molecular formula is C6H5ClFIN2. The molecule has 0 aliphatic carbocycles. The maximum atomic E-state index is 12.8. The van der Waals surface area contributed by atoms with Crippen molar-refractivity contribution >= 4 is 34.2 Å². The van der Waals surface area contributed by atoms with Gasteiger partial charge in [-0.1, -0.05) is 11.6 Å². The Bertz CT molecular complexity index is 256. The Morgan fingerprint density at radius 1 is 1.73 bits per heavy atom. The van der Waals surface area contributed by atoms with Crippen LogP contribution in [0.1, 0.15) is 5.69 Å². The smallest absolute Gasteiger partial charge is 0.173 e. The third-order valence-electron chi connectivity index (χ3n) is 1.14. The minimum Gasteiger partial charge on any atom is -0.325 e. The van der Waals surface area contributed by atoms with Crippen LogP contribution in [0, 0.1) is 9.39 Å². The highest BCUT2D eigenvalue weighted by molar-refractivity contribution is 14.1. The Morgan fingerprint density at radius 3 is 2.82 bits per heavy atom. The highest BCUT2D eigenvalue weighted by Gasteiger charge is 2.06. The first kappa shape index (κ1) is 9.15. The van der Waals surface area contributed by atoms with E-state index in [1.54, 1.807) is 6.07 Å². The minimum absolute atomic E-state index is 0.114. The molecule has 2 N–H and O–H groups in total. The summed E-state index contributed by atoms with van der Waals surface area (Å²) in [4.78, 5) is 3.71. The van der Waals surface area contributed by atoms with Crippen molar-refractivity contribution in [3.8, 4) is 0 Å². The summed E-state index contributed by atoms with van der Waals surface area (Å²) in [5, 5.41) is -0.114. The van der Waals surface area contributed by atoms with Crippen LogP contribution in [0.25, 0.3) is 0 Å². The third kappa shape index (κ3) is 2.00. The fourth-order valence-electron chi connectivity index (χ4n) is 0.620. The number of rotatable bonds is 1. The van der Waals surface area contributed by atoms with Gasteiger partial charge in [-0.15, -0.1) is 0 Å². The van der Waals surface area contributed by atoms with Crippen LogP contribution in [0.2, 0.25) is 5.15 Å². The van der Waals surface area contributed by atoms with Gasteiger partial charge in [0.05, 0.1) is 9.26 Å². The minimum atomic E-state index is -0.482. The number of halogens is 3. The van der Waals surface area contributed by atoms with Gasteiger partial charge in [-0.25, -0.2) is 9.37 Å². The molecule has 0 radical (unpaired) electrons. The van der Waals surface area contributed by atoms with Crippen molar-refractivity contribution in [2.24, 2.45) is 5.73 Å². The molecule has 0 spiro atoms. The first-order chi connectivity index (χ1) is 5.15. The Hall–Kier alpha value is 0.0600. The molecule has 0 aliphatic rings. The van der Waals surface area contributed by atoms with Crippen LogP contribution in [0.5, 0.6) is 0 Å². The lowest BCUT2D eigenvalue weighted by Crippen LogP contribution is -2.01. The lowest BCUT2D eigenvalue weighted by atomic mass is 10.3. The van der Waals surface area contributed by atoms with Gasteiger partial charge in [0, 0.05) is 6.54 Å². The number of hydrogen-bond acceptors (Lipinski definition) is 2. The van der Waals surface area contributed by atoms with Crippen molar-refractivity contribution in [1.82, 2.24) is 4.98 Å². The highest BCUT2D eigenvalue weighted by Crippen LogP contribution is 2.18. The molecule has 0 unspecified atom stereocenters. The molecule has 0 aliphatic heterocycles. The van der Waals surface area contributed by atoms with Gasteiger partial charge < -0.3 is 5.73 Å². The van der Waals surface area contributed by atoms with Crippen LogP contribution in [-0.4, -0.2) is 4.98 Å². The molecule has 1 aromatic heterocycles. The van der Waals surface area contributed by atoms with Crippen LogP contribution in [0.4, 0.5) is 4.39 Å². The summed E-state index contributed by atoms with van der Waals surface area (Å²) < 4.78 is 13.3. The van der Waals surface area contributed by atoms with E-state index in [9.17, 15) is 4.39 Å². The Balaban J connectivity index is 3.21. The van der Waals surface area contributed by atoms with Gasteiger partial charge in [-0.3, -0.25) is 0 Å². The lowest BCUT2D eigenvalue weighted by molar-refractivity contribution is 0.612. The van der Waals surface area contributed by atoms with Gasteiger partial charge in [-0.05, 0) is 28.7 Å². The van der Waals surface area contributed by atoms with Gasteiger partial charge in [0.2, 0.25) is 0 Å². The van der Waals surface area contributed by atoms with Gasteiger partial charge >= 0.3 is 0 Å². The second-order valence-corrected chi connectivity index (χ2v) is 3.42. The number of aromatic nitrogens is 1. The summed E-state index contributed by atoms with van der Waals surface area (Å²) in [7, 11) is 0. The molecule has 2 nitrogen and oxygen atoms in total. The molecule has 1 heterocycles. The molecule has 1 rings (SSSR count). The normalized spacial score (nSPS) is 10.2. The summed E-state index contributed by atoms with van der Waals surface area (Å²) >= 11 is 7.30. The average Bonchev–Trinajstić information content (AvgIpc) is 1.99. The Kier molecular flexibility index (Phi) is 3.03. The molecule has 0 aromatic carbocycles. The molecular weight excluding hydrogens is 281 g/mol. The largest absolute Gasteiger partial charge is 0.325 e. The maximum absolute atomic E-state index is 12.8. The average molecular weight is 286 g/mol.